The first-order chi connectivity index (χ1) is 26.3. The van der Waals surface area contributed by atoms with Crippen LogP contribution in [0.4, 0.5) is 0 Å². The van der Waals surface area contributed by atoms with Gasteiger partial charge in [0, 0.05) is 0 Å². The zero-order valence-electron chi connectivity index (χ0n) is 33.5. The van der Waals surface area contributed by atoms with Crippen molar-refractivity contribution in [2.24, 2.45) is 5.41 Å². The van der Waals surface area contributed by atoms with E-state index in [1.807, 2.05) is 0 Å². The van der Waals surface area contributed by atoms with Crippen LogP contribution in [-0.4, -0.2) is 0 Å². The number of para-hydroxylation sites is 2. The Balaban J connectivity index is 1.13. The SMILES string of the molecule is CC1=C(C)C(C)(C)[C]([Ti]([O]c2ccccc2-c2ccc3c(c2)C(C)(C)c2ccccc2-3)[O]c2ccccc2-c2ccc3c(c2)C(C)(C)c2ccccc2-3)=C1C. The van der Waals surface area contributed by atoms with E-state index in [9.17, 15) is 0 Å². The normalized spacial score (nSPS) is 16.7. The van der Waals surface area contributed by atoms with E-state index in [2.05, 4.69) is 196 Å². The third-order valence-electron chi connectivity index (χ3n) is 13.2. The number of hydrogen-bond donors (Lipinski definition) is 0. The number of rotatable bonds is 7. The van der Waals surface area contributed by atoms with E-state index >= 15 is 0 Å². The molecule has 0 radical (unpaired) electrons. The zero-order valence-corrected chi connectivity index (χ0v) is 35.1. The van der Waals surface area contributed by atoms with Crippen molar-refractivity contribution >= 4 is 0 Å². The van der Waals surface area contributed by atoms with Gasteiger partial charge < -0.3 is 0 Å². The average Bonchev–Trinajstić information content (AvgIpc) is 3.63. The van der Waals surface area contributed by atoms with Gasteiger partial charge in [0.15, 0.2) is 0 Å². The van der Waals surface area contributed by atoms with E-state index in [0.29, 0.717) is 0 Å². The van der Waals surface area contributed by atoms with Crippen molar-refractivity contribution in [1.82, 2.24) is 0 Å². The molecule has 0 spiro atoms. The summed E-state index contributed by atoms with van der Waals surface area (Å²) in [4.78, 5) is 0. The van der Waals surface area contributed by atoms with Crippen LogP contribution in [0.1, 0.15) is 84.6 Å². The molecule has 0 fully saturated rings. The van der Waals surface area contributed by atoms with Gasteiger partial charge in [-0.05, 0) is 0 Å². The molecule has 3 aliphatic rings. The van der Waals surface area contributed by atoms with Crippen LogP contribution in [0.25, 0.3) is 44.5 Å². The van der Waals surface area contributed by atoms with E-state index in [1.54, 1.807) is 0 Å². The summed E-state index contributed by atoms with van der Waals surface area (Å²) in [5.41, 5.74) is 19.0. The van der Waals surface area contributed by atoms with E-state index < -0.39 is 18.6 Å². The zero-order chi connectivity index (χ0) is 38.4. The second kappa shape index (κ2) is 12.8. The van der Waals surface area contributed by atoms with Gasteiger partial charge in [-0.15, -0.1) is 0 Å². The first-order valence-corrected chi connectivity index (χ1v) is 21.7. The monoisotopic (exact) mass is 753 g/mol. The average molecular weight is 754 g/mol. The Morgan fingerprint density at radius 1 is 0.382 bits per heavy atom. The van der Waals surface area contributed by atoms with Crippen molar-refractivity contribution < 1.29 is 25.3 Å². The van der Waals surface area contributed by atoms with Crippen LogP contribution in [0.3, 0.4) is 0 Å². The van der Waals surface area contributed by atoms with E-state index in [4.69, 9.17) is 6.64 Å². The van der Waals surface area contributed by atoms with Gasteiger partial charge in [0.2, 0.25) is 0 Å². The Labute approximate surface area is 334 Å². The van der Waals surface area contributed by atoms with Crippen LogP contribution in [0.5, 0.6) is 11.5 Å². The molecule has 9 rings (SSSR count). The standard InChI is InChI=1S/2C21H18O.C10H15.Ti/c2*1-21(2)18-9-5-3-8-16(18)17-12-11-14(13-19(17)21)15-7-4-6-10-20(15)22;1-7-6-10(4,5)9(3)8(7)2;/h2*3-13,22H,1-2H3;1-5H3;/q;;;+2/p-2. The predicted octanol–water partition coefficient (Wildman–Crippen LogP) is 14.2. The van der Waals surface area contributed by atoms with Gasteiger partial charge in [-0.3, -0.25) is 0 Å². The summed E-state index contributed by atoms with van der Waals surface area (Å²) in [6, 6.07) is 48.7. The fourth-order valence-electron chi connectivity index (χ4n) is 9.66. The molecule has 0 amide bonds. The molecule has 0 heterocycles. The van der Waals surface area contributed by atoms with Crippen molar-refractivity contribution in [3.63, 3.8) is 0 Å². The fraction of sp³-hybridized carbons (Fsp3) is 0.231. The van der Waals surface area contributed by atoms with Crippen molar-refractivity contribution in [2.75, 3.05) is 0 Å². The van der Waals surface area contributed by atoms with Crippen molar-refractivity contribution in [3.05, 3.63) is 176 Å². The predicted molar refractivity (Wildman–Crippen MR) is 225 cm³/mol. The van der Waals surface area contributed by atoms with Gasteiger partial charge >= 0.3 is 336 Å². The van der Waals surface area contributed by atoms with E-state index in [1.165, 1.54) is 65.1 Å². The van der Waals surface area contributed by atoms with Crippen molar-refractivity contribution in [2.45, 2.75) is 73.1 Å². The molecular formula is C52H49O2Ti. The molecule has 0 unspecified atom stereocenters. The van der Waals surface area contributed by atoms with Crippen LogP contribution in [-0.2, 0) is 29.5 Å². The summed E-state index contributed by atoms with van der Waals surface area (Å²) in [5.74, 6) is 1.75. The summed E-state index contributed by atoms with van der Waals surface area (Å²) in [6.07, 6.45) is 0. The van der Waals surface area contributed by atoms with Crippen molar-refractivity contribution in [3.8, 4) is 56.0 Å². The van der Waals surface area contributed by atoms with Gasteiger partial charge in [0.25, 0.3) is 0 Å². The maximum absolute atomic E-state index is 7.42. The van der Waals surface area contributed by atoms with Gasteiger partial charge in [-0.25, -0.2) is 0 Å². The Morgan fingerprint density at radius 3 is 1.18 bits per heavy atom. The second-order valence-electron chi connectivity index (χ2n) is 17.2. The number of hydrogen-bond acceptors (Lipinski definition) is 2. The topological polar surface area (TPSA) is 18.5 Å². The quantitative estimate of drug-likeness (QED) is 0.151. The maximum atomic E-state index is 7.42. The van der Waals surface area contributed by atoms with E-state index in [0.717, 1.165) is 33.8 Å². The van der Waals surface area contributed by atoms with Gasteiger partial charge in [-0.1, -0.05) is 0 Å². The van der Waals surface area contributed by atoms with Crippen LogP contribution in [0.15, 0.2) is 154 Å². The third kappa shape index (κ3) is 5.47. The molecule has 0 aromatic heterocycles. The van der Waals surface area contributed by atoms with Crippen LogP contribution in [0, 0.1) is 5.41 Å². The van der Waals surface area contributed by atoms with Crippen molar-refractivity contribution in [1.29, 1.82) is 0 Å². The molecule has 0 saturated heterocycles. The summed E-state index contributed by atoms with van der Waals surface area (Å²) >= 11 is -3.04. The van der Waals surface area contributed by atoms with Crippen LogP contribution in [0.2, 0.25) is 0 Å². The molecule has 6 aromatic carbocycles. The molecule has 6 aromatic rings. The third-order valence-corrected chi connectivity index (χ3v) is 16.7. The molecule has 0 bridgehead atoms. The molecule has 273 valence electrons. The molecule has 0 saturated carbocycles. The second-order valence-corrected chi connectivity index (χ2v) is 19.5. The summed E-state index contributed by atoms with van der Waals surface area (Å²) in [5, 5.41) is 0. The Morgan fingerprint density at radius 2 is 0.764 bits per heavy atom. The number of fused-ring (bicyclic) bond motifs is 6. The molecular weight excluding hydrogens is 704 g/mol. The van der Waals surface area contributed by atoms with Gasteiger partial charge in [0.05, 0.1) is 0 Å². The number of allylic oxidation sites excluding steroid dienone is 4. The summed E-state index contributed by atoms with van der Waals surface area (Å²) in [7, 11) is 0. The molecule has 0 N–H and O–H groups in total. The Bertz CT molecular complexity index is 2460. The summed E-state index contributed by atoms with van der Waals surface area (Å²) < 4.78 is 16.2. The molecule has 0 atom stereocenters. The fourth-order valence-corrected chi connectivity index (χ4v) is 13.1. The van der Waals surface area contributed by atoms with Crippen LogP contribution < -0.4 is 6.64 Å². The Hall–Kier alpha value is -4.89. The first-order valence-electron chi connectivity index (χ1n) is 19.6. The minimum absolute atomic E-state index is 0.0876. The molecule has 3 aliphatic carbocycles. The minimum atomic E-state index is -3.04. The van der Waals surface area contributed by atoms with Crippen LogP contribution >= 0.6 is 0 Å². The molecule has 55 heavy (non-hydrogen) atoms. The molecule has 3 heteroatoms. The molecule has 0 aliphatic heterocycles. The molecule has 2 nitrogen and oxygen atoms in total. The first kappa shape index (κ1) is 35.8. The Kier molecular flexibility index (Phi) is 8.35. The van der Waals surface area contributed by atoms with Gasteiger partial charge in [-0.2, -0.15) is 0 Å². The van der Waals surface area contributed by atoms with Gasteiger partial charge in [0.1, 0.15) is 0 Å². The number of benzene rings is 6. The van der Waals surface area contributed by atoms with E-state index in [-0.39, 0.29) is 16.2 Å². The summed E-state index contributed by atoms with van der Waals surface area (Å²) in [6.45, 7) is 20.9.